The third kappa shape index (κ3) is 1.67. The minimum absolute atomic E-state index is 0.0394. The quantitative estimate of drug-likeness (QED) is 0.472. The van der Waals surface area contributed by atoms with Gasteiger partial charge in [-0.25, -0.2) is 5.84 Å². The summed E-state index contributed by atoms with van der Waals surface area (Å²) in [5.74, 6) is 5.37. The van der Waals surface area contributed by atoms with Crippen LogP contribution in [0.5, 0.6) is 0 Å². The van der Waals surface area contributed by atoms with Gasteiger partial charge in [0.2, 0.25) is 0 Å². The number of hydrogen-bond donors (Lipinski definition) is 2. The van der Waals surface area contributed by atoms with Crippen LogP contribution >= 0.6 is 0 Å². The molecule has 1 fully saturated rings. The largest absolute Gasteiger partial charge is 0.274 e. The summed E-state index contributed by atoms with van der Waals surface area (Å²) in [5, 5.41) is 4.44. The second kappa shape index (κ2) is 2.47. The van der Waals surface area contributed by atoms with Crippen LogP contribution in [0.15, 0.2) is 0 Å². The molecule has 1 saturated heterocycles. The van der Waals surface area contributed by atoms with Crippen LogP contribution in [-0.4, -0.2) is 18.1 Å². The first-order chi connectivity index (χ1) is 4.50. The Hall–Kier alpha value is -0.160. The van der Waals surface area contributed by atoms with Gasteiger partial charge in [-0.15, -0.1) is 5.17 Å². The van der Waals surface area contributed by atoms with Crippen molar-refractivity contribution in [2.24, 2.45) is 11.3 Å². The van der Waals surface area contributed by atoms with E-state index >= 15 is 0 Å². The van der Waals surface area contributed by atoms with Gasteiger partial charge in [-0.3, -0.25) is 10.2 Å². The molecule has 0 amide bonds. The zero-order chi connectivity index (χ0) is 7.78. The van der Waals surface area contributed by atoms with Crippen LogP contribution in [0, 0.1) is 5.41 Å². The van der Waals surface area contributed by atoms with Crippen molar-refractivity contribution in [2.45, 2.75) is 27.0 Å². The second-order valence-corrected chi connectivity index (χ2v) is 3.63. The molecule has 0 aliphatic carbocycles. The van der Waals surface area contributed by atoms with Crippen LogP contribution in [0.4, 0.5) is 0 Å². The number of hydrazine groups is 1. The number of nitrogens with one attached hydrogen (secondary N) is 1. The maximum absolute atomic E-state index is 5.37. The molecule has 3 N–H and O–H groups in total. The Morgan fingerprint density at radius 3 is 2.40 bits per heavy atom. The Balaban J connectivity index is 2.45. The number of hydrogen-bond acceptors (Lipinski definition) is 4. The average Bonchev–Trinajstić information content (AvgIpc) is 2.11. The smallest absolute Gasteiger partial charge is 0.137 e. The van der Waals surface area contributed by atoms with E-state index in [4.69, 9.17) is 10.7 Å². The monoisotopic (exact) mass is 145 g/mol. The van der Waals surface area contributed by atoms with Gasteiger partial charge in [-0.05, 0) is 0 Å². The Morgan fingerprint density at radius 2 is 2.20 bits per heavy atom. The van der Waals surface area contributed by atoms with E-state index in [0.717, 1.165) is 0 Å². The van der Waals surface area contributed by atoms with Crippen LogP contribution in [-0.2, 0) is 4.84 Å². The lowest BCUT2D eigenvalue weighted by atomic mass is 9.95. The lowest BCUT2D eigenvalue weighted by Crippen LogP contribution is -2.36. The molecule has 10 heavy (non-hydrogen) atoms. The van der Waals surface area contributed by atoms with Crippen molar-refractivity contribution in [1.82, 2.24) is 10.5 Å². The van der Waals surface area contributed by atoms with E-state index in [2.05, 4.69) is 26.1 Å². The molecule has 1 rings (SSSR count). The Labute approximate surface area is 61.2 Å². The molecule has 1 heterocycles. The number of rotatable bonds is 0. The summed E-state index contributed by atoms with van der Waals surface area (Å²) in [4.78, 5) is 5.23. The normalized spacial score (nSPS) is 29.4. The molecule has 0 aromatic carbocycles. The minimum Gasteiger partial charge on any atom is -0.274 e. The molecule has 1 aliphatic heterocycles. The van der Waals surface area contributed by atoms with Gasteiger partial charge in [0.1, 0.15) is 6.23 Å². The molecule has 0 bridgehead atoms. The highest BCUT2D eigenvalue weighted by Gasteiger charge is 2.31. The SMILES string of the molecule is CC(C)(C)C1NCN(N)O1. The van der Waals surface area contributed by atoms with Crippen molar-refractivity contribution in [3.05, 3.63) is 0 Å². The van der Waals surface area contributed by atoms with Gasteiger partial charge in [0, 0.05) is 5.41 Å². The predicted molar refractivity (Wildman–Crippen MR) is 38.4 cm³/mol. The van der Waals surface area contributed by atoms with Crippen LogP contribution in [0.3, 0.4) is 0 Å². The summed E-state index contributed by atoms with van der Waals surface area (Å²) in [7, 11) is 0. The van der Waals surface area contributed by atoms with Crippen LogP contribution < -0.4 is 11.2 Å². The molecule has 1 atom stereocenters. The highest BCUT2D eigenvalue weighted by molar-refractivity contribution is 4.73. The van der Waals surface area contributed by atoms with Crippen LogP contribution in [0.25, 0.3) is 0 Å². The molecule has 0 aromatic heterocycles. The summed E-state index contributed by atoms with van der Waals surface area (Å²) in [5.41, 5.74) is 0.105. The molecule has 60 valence electrons. The molecule has 1 unspecified atom stereocenters. The van der Waals surface area contributed by atoms with Crippen molar-refractivity contribution in [3.8, 4) is 0 Å². The standard InChI is InChI=1S/C6H15N3O/c1-6(2,3)5-8-4-9(7)10-5/h5,8H,4,7H2,1-3H3. The summed E-state index contributed by atoms with van der Waals surface area (Å²) in [6, 6.07) is 0. The Kier molecular flexibility index (Phi) is 1.96. The number of hydroxylamine groups is 1. The lowest BCUT2D eigenvalue weighted by Gasteiger charge is -2.24. The van der Waals surface area contributed by atoms with Gasteiger partial charge in [0.25, 0.3) is 0 Å². The fraction of sp³-hybridized carbons (Fsp3) is 1.00. The van der Waals surface area contributed by atoms with E-state index < -0.39 is 0 Å². The van der Waals surface area contributed by atoms with Crippen LogP contribution in [0.2, 0.25) is 0 Å². The molecule has 4 nitrogen and oxygen atoms in total. The molecule has 4 heteroatoms. The third-order valence-corrected chi connectivity index (χ3v) is 1.46. The summed E-state index contributed by atoms with van der Waals surface area (Å²) in [6.45, 7) is 6.90. The van der Waals surface area contributed by atoms with E-state index in [9.17, 15) is 0 Å². The molecule has 0 aromatic rings. The van der Waals surface area contributed by atoms with Crippen molar-refractivity contribution in [1.29, 1.82) is 0 Å². The van der Waals surface area contributed by atoms with Crippen molar-refractivity contribution in [2.75, 3.05) is 6.67 Å². The van der Waals surface area contributed by atoms with Gasteiger partial charge in [0.05, 0.1) is 6.67 Å². The Bertz CT molecular complexity index is 121. The molecular formula is C6H15N3O. The molecule has 0 radical (unpaired) electrons. The number of nitrogens with two attached hydrogens (primary N) is 1. The van der Waals surface area contributed by atoms with E-state index in [1.165, 1.54) is 5.17 Å². The lowest BCUT2D eigenvalue weighted by molar-refractivity contribution is -0.175. The first-order valence-corrected chi connectivity index (χ1v) is 3.42. The zero-order valence-corrected chi connectivity index (χ0v) is 6.72. The van der Waals surface area contributed by atoms with E-state index in [0.29, 0.717) is 6.67 Å². The highest BCUT2D eigenvalue weighted by atomic mass is 16.7. The maximum atomic E-state index is 5.37. The Morgan fingerprint density at radius 1 is 1.60 bits per heavy atom. The van der Waals surface area contributed by atoms with Crippen molar-refractivity contribution < 1.29 is 4.84 Å². The summed E-state index contributed by atoms with van der Waals surface area (Å²) >= 11 is 0. The number of nitrogens with zero attached hydrogens (tertiary/aromatic N) is 1. The molecule has 1 aliphatic rings. The van der Waals surface area contributed by atoms with E-state index in [-0.39, 0.29) is 11.6 Å². The topological polar surface area (TPSA) is 50.5 Å². The minimum atomic E-state index is 0.0394. The fourth-order valence-electron chi connectivity index (χ4n) is 0.847. The van der Waals surface area contributed by atoms with Gasteiger partial charge in [-0.2, -0.15) is 0 Å². The maximum Gasteiger partial charge on any atom is 0.137 e. The summed E-state index contributed by atoms with van der Waals surface area (Å²) in [6.07, 6.45) is 0.0394. The van der Waals surface area contributed by atoms with Crippen LogP contribution in [0.1, 0.15) is 20.8 Å². The summed E-state index contributed by atoms with van der Waals surface area (Å²) < 4.78 is 0. The molecule has 0 saturated carbocycles. The molecular weight excluding hydrogens is 130 g/mol. The third-order valence-electron chi connectivity index (χ3n) is 1.46. The zero-order valence-electron chi connectivity index (χ0n) is 6.72. The van der Waals surface area contributed by atoms with Crippen molar-refractivity contribution in [3.63, 3.8) is 0 Å². The average molecular weight is 145 g/mol. The van der Waals surface area contributed by atoms with E-state index in [1.54, 1.807) is 0 Å². The van der Waals surface area contributed by atoms with Gasteiger partial charge < -0.3 is 0 Å². The van der Waals surface area contributed by atoms with Gasteiger partial charge in [-0.1, -0.05) is 20.8 Å². The molecule has 0 spiro atoms. The van der Waals surface area contributed by atoms with Gasteiger partial charge >= 0.3 is 0 Å². The van der Waals surface area contributed by atoms with Gasteiger partial charge in [0.15, 0.2) is 0 Å². The predicted octanol–water partition coefficient (Wildman–Crippen LogP) is 0.0266. The highest BCUT2D eigenvalue weighted by Crippen LogP contribution is 2.22. The van der Waals surface area contributed by atoms with Crippen molar-refractivity contribution >= 4 is 0 Å². The fourth-order valence-corrected chi connectivity index (χ4v) is 0.847. The second-order valence-electron chi connectivity index (χ2n) is 3.63. The van der Waals surface area contributed by atoms with E-state index in [1.807, 2.05) is 0 Å². The first kappa shape index (κ1) is 7.94. The first-order valence-electron chi connectivity index (χ1n) is 3.42.